The summed E-state index contributed by atoms with van der Waals surface area (Å²) < 4.78 is 5.81. The van der Waals surface area contributed by atoms with Crippen LogP contribution in [-0.4, -0.2) is 17.7 Å². The highest BCUT2D eigenvalue weighted by atomic mass is 16.5. The highest BCUT2D eigenvalue weighted by Gasteiger charge is 2.42. The fourth-order valence-electron chi connectivity index (χ4n) is 1.68. The lowest BCUT2D eigenvalue weighted by atomic mass is 9.75. The Bertz CT molecular complexity index is 128. The maximum atomic E-state index is 5.86. The summed E-state index contributed by atoms with van der Waals surface area (Å²) in [5.41, 5.74) is 5.88. The van der Waals surface area contributed by atoms with Crippen molar-refractivity contribution in [2.24, 2.45) is 5.73 Å². The van der Waals surface area contributed by atoms with Crippen LogP contribution in [0.5, 0.6) is 0 Å². The smallest absolute Gasteiger partial charge is 0.0833 e. The van der Waals surface area contributed by atoms with Gasteiger partial charge in [-0.3, -0.25) is 0 Å². The van der Waals surface area contributed by atoms with Crippen molar-refractivity contribution in [2.45, 2.75) is 57.8 Å². The Hall–Kier alpha value is -0.0800. The summed E-state index contributed by atoms with van der Waals surface area (Å²) in [4.78, 5) is 0. The maximum absolute atomic E-state index is 5.86. The molecule has 2 nitrogen and oxygen atoms in total. The van der Waals surface area contributed by atoms with Crippen LogP contribution in [0.2, 0.25) is 0 Å². The number of ether oxygens (including phenoxy) is 1. The Kier molecular flexibility index (Phi) is 2.55. The van der Waals surface area contributed by atoms with Crippen LogP contribution in [-0.2, 0) is 4.74 Å². The van der Waals surface area contributed by atoms with Crippen molar-refractivity contribution in [1.29, 1.82) is 0 Å². The molecule has 0 spiro atoms. The average Bonchev–Trinajstić information content (AvgIpc) is 1.77. The van der Waals surface area contributed by atoms with Gasteiger partial charge in [0.25, 0.3) is 0 Å². The summed E-state index contributed by atoms with van der Waals surface area (Å²) in [6.45, 7) is 6.19. The maximum Gasteiger partial charge on any atom is 0.0833 e. The average molecular weight is 157 g/mol. The molecule has 1 aliphatic rings. The van der Waals surface area contributed by atoms with E-state index < -0.39 is 0 Å². The third kappa shape index (κ3) is 1.74. The number of rotatable bonds is 3. The van der Waals surface area contributed by atoms with Crippen molar-refractivity contribution in [3.05, 3.63) is 0 Å². The third-order valence-corrected chi connectivity index (χ3v) is 2.50. The Morgan fingerprint density at radius 2 is 1.82 bits per heavy atom. The fraction of sp³-hybridized carbons (Fsp3) is 1.00. The van der Waals surface area contributed by atoms with E-state index in [-0.39, 0.29) is 11.6 Å². The molecule has 0 aromatic carbocycles. The molecule has 1 rings (SSSR count). The molecule has 1 unspecified atom stereocenters. The number of hydrogen-bond acceptors (Lipinski definition) is 2. The van der Waals surface area contributed by atoms with E-state index in [2.05, 4.69) is 13.8 Å². The zero-order valence-electron chi connectivity index (χ0n) is 7.76. The summed E-state index contributed by atoms with van der Waals surface area (Å²) >= 11 is 0. The Labute approximate surface area is 69.1 Å². The van der Waals surface area contributed by atoms with Crippen molar-refractivity contribution in [1.82, 2.24) is 0 Å². The Morgan fingerprint density at radius 3 is 1.91 bits per heavy atom. The molecule has 1 saturated carbocycles. The molecule has 1 atom stereocenters. The van der Waals surface area contributed by atoms with Crippen LogP contribution in [0, 0.1) is 0 Å². The van der Waals surface area contributed by atoms with Gasteiger partial charge in [0.1, 0.15) is 0 Å². The van der Waals surface area contributed by atoms with Gasteiger partial charge in [-0.1, -0.05) is 0 Å². The normalized spacial score (nSPS) is 24.8. The molecule has 2 heteroatoms. The van der Waals surface area contributed by atoms with E-state index in [1.54, 1.807) is 0 Å². The number of hydrogen-bond donors (Lipinski definition) is 1. The minimum absolute atomic E-state index is 0.0220. The third-order valence-electron chi connectivity index (χ3n) is 2.50. The first-order valence-electron chi connectivity index (χ1n) is 4.50. The molecule has 0 heterocycles. The van der Waals surface area contributed by atoms with Crippen molar-refractivity contribution < 1.29 is 4.74 Å². The largest absolute Gasteiger partial charge is 0.371 e. The van der Waals surface area contributed by atoms with Crippen LogP contribution in [0.15, 0.2) is 0 Å². The van der Waals surface area contributed by atoms with Crippen LogP contribution in [0.25, 0.3) is 0 Å². The van der Waals surface area contributed by atoms with Crippen LogP contribution in [0.4, 0.5) is 0 Å². The van der Waals surface area contributed by atoms with E-state index in [0.29, 0.717) is 6.10 Å². The topological polar surface area (TPSA) is 35.2 Å². The summed E-state index contributed by atoms with van der Waals surface area (Å²) in [7, 11) is 0. The number of nitrogens with two attached hydrogens (primary N) is 1. The minimum atomic E-state index is 0.0220. The molecule has 0 aliphatic heterocycles. The first-order valence-corrected chi connectivity index (χ1v) is 4.50. The second-order valence-corrected chi connectivity index (χ2v) is 3.87. The van der Waals surface area contributed by atoms with Crippen LogP contribution >= 0.6 is 0 Å². The molecule has 0 aromatic heterocycles. The van der Waals surface area contributed by atoms with Gasteiger partial charge in [0, 0.05) is 6.04 Å². The first-order chi connectivity index (χ1) is 5.07. The SMILES string of the molecule is CC(C)OC1(C(C)N)CCC1. The van der Waals surface area contributed by atoms with E-state index in [1.165, 1.54) is 6.42 Å². The summed E-state index contributed by atoms with van der Waals surface area (Å²) in [6, 6.07) is 0.179. The quantitative estimate of drug-likeness (QED) is 0.676. The van der Waals surface area contributed by atoms with Crippen molar-refractivity contribution in [3.63, 3.8) is 0 Å². The Morgan fingerprint density at radius 1 is 1.27 bits per heavy atom. The molecule has 1 aliphatic carbocycles. The van der Waals surface area contributed by atoms with Gasteiger partial charge in [-0.2, -0.15) is 0 Å². The predicted octanol–water partition coefficient (Wildman–Crippen LogP) is 1.68. The zero-order valence-corrected chi connectivity index (χ0v) is 7.76. The molecule has 0 saturated heterocycles. The van der Waals surface area contributed by atoms with Gasteiger partial charge >= 0.3 is 0 Å². The lowest BCUT2D eigenvalue weighted by Gasteiger charge is -2.46. The molecular weight excluding hydrogens is 138 g/mol. The van der Waals surface area contributed by atoms with Gasteiger partial charge in [0.15, 0.2) is 0 Å². The van der Waals surface area contributed by atoms with Gasteiger partial charge < -0.3 is 10.5 Å². The van der Waals surface area contributed by atoms with Gasteiger partial charge in [-0.25, -0.2) is 0 Å². The Balaban J connectivity index is 2.47. The van der Waals surface area contributed by atoms with Gasteiger partial charge in [-0.15, -0.1) is 0 Å². The van der Waals surface area contributed by atoms with E-state index in [9.17, 15) is 0 Å². The van der Waals surface area contributed by atoms with Crippen LogP contribution in [0.1, 0.15) is 40.0 Å². The second kappa shape index (κ2) is 3.11. The van der Waals surface area contributed by atoms with Crippen LogP contribution < -0.4 is 5.73 Å². The van der Waals surface area contributed by atoms with Crippen molar-refractivity contribution in [3.8, 4) is 0 Å². The molecule has 0 radical (unpaired) electrons. The molecular formula is C9H19NO. The standard InChI is InChI=1S/C9H19NO/c1-7(2)11-9(8(3)10)5-4-6-9/h7-8H,4-6,10H2,1-3H3. The van der Waals surface area contributed by atoms with Gasteiger partial charge in [0.2, 0.25) is 0 Å². The van der Waals surface area contributed by atoms with E-state index in [1.807, 2.05) is 6.92 Å². The second-order valence-electron chi connectivity index (χ2n) is 3.87. The molecule has 0 bridgehead atoms. The highest BCUT2D eigenvalue weighted by molar-refractivity contribution is 4.96. The van der Waals surface area contributed by atoms with Crippen molar-refractivity contribution in [2.75, 3.05) is 0 Å². The van der Waals surface area contributed by atoms with Crippen LogP contribution in [0.3, 0.4) is 0 Å². The molecule has 0 amide bonds. The lowest BCUT2D eigenvalue weighted by molar-refractivity contribution is -0.139. The molecule has 66 valence electrons. The van der Waals surface area contributed by atoms with Gasteiger partial charge in [-0.05, 0) is 40.0 Å². The van der Waals surface area contributed by atoms with E-state index in [0.717, 1.165) is 12.8 Å². The zero-order chi connectivity index (χ0) is 8.48. The molecule has 11 heavy (non-hydrogen) atoms. The monoisotopic (exact) mass is 157 g/mol. The predicted molar refractivity (Wildman–Crippen MR) is 46.5 cm³/mol. The molecule has 0 aromatic rings. The minimum Gasteiger partial charge on any atom is -0.371 e. The molecule has 2 N–H and O–H groups in total. The lowest BCUT2D eigenvalue weighted by Crippen LogP contribution is -2.54. The summed E-state index contributed by atoms with van der Waals surface area (Å²) in [6.07, 6.45) is 3.86. The van der Waals surface area contributed by atoms with Gasteiger partial charge in [0.05, 0.1) is 11.7 Å². The van der Waals surface area contributed by atoms with Crippen molar-refractivity contribution >= 4 is 0 Å². The summed E-state index contributed by atoms with van der Waals surface area (Å²) in [5.74, 6) is 0. The van der Waals surface area contributed by atoms with E-state index in [4.69, 9.17) is 10.5 Å². The van der Waals surface area contributed by atoms with E-state index >= 15 is 0 Å². The molecule has 1 fully saturated rings. The summed E-state index contributed by atoms with van der Waals surface area (Å²) in [5, 5.41) is 0. The first kappa shape index (κ1) is 9.01. The fourth-order valence-corrected chi connectivity index (χ4v) is 1.68. The highest BCUT2D eigenvalue weighted by Crippen LogP contribution is 2.38.